The van der Waals surface area contributed by atoms with Crippen molar-refractivity contribution < 1.29 is 26.1 Å². The van der Waals surface area contributed by atoms with Gasteiger partial charge >= 0.3 is 5.51 Å². The Labute approximate surface area is 149 Å². The van der Waals surface area contributed by atoms with E-state index < -0.39 is 15.6 Å². The largest absolute Gasteiger partial charge is 0.741 e. The number of halogens is 3. The summed E-state index contributed by atoms with van der Waals surface area (Å²) < 4.78 is 58.9. The SMILES string of the molecule is Cc1ccc(C(c2ccccc2)[S+](C)C)cc1.O=S(=O)([O-])C(F)(F)F. The number of aryl methyl sites for hydroxylation is 1. The van der Waals surface area contributed by atoms with E-state index in [0.29, 0.717) is 16.1 Å². The van der Waals surface area contributed by atoms with Crippen LogP contribution in [0.4, 0.5) is 13.2 Å². The quantitative estimate of drug-likeness (QED) is 0.450. The summed E-state index contributed by atoms with van der Waals surface area (Å²) in [4.78, 5) is 0. The van der Waals surface area contributed by atoms with Crippen LogP contribution in [0.1, 0.15) is 21.9 Å². The van der Waals surface area contributed by atoms with Crippen LogP contribution in [0.3, 0.4) is 0 Å². The highest BCUT2D eigenvalue weighted by Crippen LogP contribution is 2.29. The third-order valence-electron chi connectivity index (χ3n) is 3.24. The third-order valence-corrected chi connectivity index (χ3v) is 5.29. The summed E-state index contributed by atoms with van der Waals surface area (Å²) in [5, 5.41) is 0.525. The first kappa shape index (κ1) is 21.5. The van der Waals surface area contributed by atoms with Crippen molar-refractivity contribution in [1.29, 1.82) is 0 Å². The summed E-state index contributed by atoms with van der Waals surface area (Å²) in [6, 6.07) is 19.7. The van der Waals surface area contributed by atoms with Gasteiger partial charge in [-0.25, -0.2) is 8.42 Å². The standard InChI is InChI=1S/C16H19S.CHF3O3S/c1-13-9-11-15(12-10-13)16(17(2)3)14-7-5-4-6-8-14;2-1(3,4)8(5,6)7/h4-12,16H,1-3H3;(H,5,6,7)/q+1;/p-1. The molecule has 0 bridgehead atoms. The Hall–Kier alpha value is -1.51. The van der Waals surface area contributed by atoms with Crippen molar-refractivity contribution in [3.63, 3.8) is 0 Å². The van der Waals surface area contributed by atoms with E-state index in [1.807, 2.05) is 0 Å². The van der Waals surface area contributed by atoms with Crippen LogP contribution in [0, 0.1) is 6.92 Å². The minimum absolute atomic E-state index is 0.338. The Morgan fingerprint density at radius 3 is 1.68 bits per heavy atom. The Balaban J connectivity index is 0.000000333. The summed E-state index contributed by atoms with van der Waals surface area (Å²) >= 11 is 0. The molecule has 0 N–H and O–H groups in total. The van der Waals surface area contributed by atoms with E-state index in [1.165, 1.54) is 16.7 Å². The van der Waals surface area contributed by atoms with Gasteiger partial charge in [0, 0.05) is 11.1 Å². The van der Waals surface area contributed by atoms with Gasteiger partial charge in [0.2, 0.25) is 0 Å². The van der Waals surface area contributed by atoms with Crippen LogP contribution in [0.2, 0.25) is 0 Å². The predicted molar refractivity (Wildman–Crippen MR) is 94.4 cm³/mol. The van der Waals surface area contributed by atoms with E-state index in [0.717, 1.165) is 0 Å². The second-order valence-electron chi connectivity index (χ2n) is 5.48. The minimum atomic E-state index is -6.09. The molecular weight excluding hydrogens is 373 g/mol. The summed E-state index contributed by atoms with van der Waals surface area (Å²) in [6.45, 7) is 2.14. The van der Waals surface area contributed by atoms with Crippen LogP contribution in [0.25, 0.3) is 0 Å². The van der Waals surface area contributed by atoms with Gasteiger partial charge in [-0.2, -0.15) is 13.2 Å². The molecule has 0 aliphatic rings. The fourth-order valence-corrected chi connectivity index (χ4v) is 3.51. The molecule has 0 spiro atoms. The average molecular weight is 392 g/mol. The molecule has 1 unspecified atom stereocenters. The molecule has 0 saturated carbocycles. The molecule has 0 radical (unpaired) electrons. The van der Waals surface area contributed by atoms with Crippen LogP contribution in [0.5, 0.6) is 0 Å². The summed E-state index contributed by atoms with van der Waals surface area (Å²) in [5.74, 6) is 0. The minimum Gasteiger partial charge on any atom is -0.741 e. The van der Waals surface area contributed by atoms with Crippen molar-refractivity contribution in [1.82, 2.24) is 0 Å². The summed E-state index contributed by atoms with van der Waals surface area (Å²) in [7, 11) is -5.75. The van der Waals surface area contributed by atoms with Gasteiger partial charge in [0.1, 0.15) is 0 Å². The maximum absolute atomic E-state index is 10.7. The maximum Gasteiger partial charge on any atom is 0.485 e. The normalized spacial score (nSPS) is 13.1. The highest BCUT2D eigenvalue weighted by atomic mass is 32.2. The molecule has 25 heavy (non-hydrogen) atoms. The first-order chi connectivity index (χ1) is 11.4. The van der Waals surface area contributed by atoms with Crippen molar-refractivity contribution in [3.05, 3.63) is 71.3 Å². The Kier molecular flexibility index (Phi) is 7.52. The molecule has 2 aromatic rings. The molecule has 138 valence electrons. The molecule has 0 fully saturated rings. The van der Waals surface area contributed by atoms with Crippen LogP contribution in [-0.2, 0) is 21.0 Å². The molecule has 8 heteroatoms. The van der Waals surface area contributed by atoms with Crippen LogP contribution < -0.4 is 0 Å². The molecule has 0 aromatic heterocycles. The second-order valence-corrected chi connectivity index (χ2v) is 9.08. The van der Waals surface area contributed by atoms with E-state index in [2.05, 4.69) is 74.0 Å². The van der Waals surface area contributed by atoms with Crippen molar-refractivity contribution in [2.45, 2.75) is 17.7 Å². The number of hydrogen-bond acceptors (Lipinski definition) is 3. The predicted octanol–water partition coefficient (Wildman–Crippen LogP) is 4.01. The van der Waals surface area contributed by atoms with Crippen molar-refractivity contribution in [3.8, 4) is 0 Å². The van der Waals surface area contributed by atoms with Gasteiger partial charge in [0.15, 0.2) is 15.4 Å². The molecule has 3 nitrogen and oxygen atoms in total. The van der Waals surface area contributed by atoms with Crippen molar-refractivity contribution in [2.75, 3.05) is 12.5 Å². The molecule has 1 atom stereocenters. The van der Waals surface area contributed by atoms with Gasteiger partial charge in [0.05, 0.1) is 12.5 Å². The topological polar surface area (TPSA) is 57.2 Å². The van der Waals surface area contributed by atoms with Crippen LogP contribution in [0.15, 0.2) is 54.6 Å². The second kappa shape index (κ2) is 8.73. The third kappa shape index (κ3) is 6.72. The van der Waals surface area contributed by atoms with Gasteiger partial charge in [-0.05, 0) is 17.8 Å². The number of rotatable bonds is 3. The van der Waals surface area contributed by atoms with Gasteiger partial charge in [-0.15, -0.1) is 0 Å². The lowest BCUT2D eigenvalue weighted by atomic mass is 10.0. The number of hydrogen-bond donors (Lipinski definition) is 0. The molecule has 0 aliphatic carbocycles. The zero-order chi connectivity index (χ0) is 19.3. The van der Waals surface area contributed by atoms with Crippen LogP contribution >= 0.6 is 0 Å². The highest BCUT2D eigenvalue weighted by Gasteiger charge is 2.36. The fraction of sp³-hybridized carbons (Fsp3) is 0.294. The van der Waals surface area contributed by atoms with E-state index in [9.17, 15) is 13.2 Å². The van der Waals surface area contributed by atoms with Crippen LogP contribution in [-0.4, -0.2) is 31.0 Å². The average Bonchev–Trinajstić information content (AvgIpc) is 2.49. The first-order valence-electron chi connectivity index (χ1n) is 7.13. The fourth-order valence-electron chi connectivity index (χ4n) is 2.11. The Morgan fingerprint density at radius 1 is 0.920 bits per heavy atom. The smallest absolute Gasteiger partial charge is 0.485 e. The monoisotopic (exact) mass is 392 g/mol. The summed E-state index contributed by atoms with van der Waals surface area (Å²) in [6.07, 6.45) is 4.63. The lowest BCUT2D eigenvalue weighted by molar-refractivity contribution is -0.0517. The maximum atomic E-state index is 10.7. The zero-order valence-electron chi connectivity index (χ0n) is 13.9. The van der Waals surface area contributed by atoms with Crippen molar-refractivity contribution >= 4 is 21.0 Å². The van der Waals surface area contributed by atoms with Crippen molar-refractivity contribution in [2.24, 2.45) is 0 Å². The zero-order valence-corrected chi connectivity index (χ0v) is 15.6. The first-order valence-corrected chi connectivity index (χ1v) is 10.6. The van der Waals surface area contributed by atoms with E-state index in [-0.39, 0.29) is 0 Å². The van der Waals surface area contributed by atoms with E-state index in [1.54, 1.807) is 0 Å². The van der Waals surface area contributed by atoms with Gasteiger partial charge in [-0.3, -0.25) is 0 Å². The Morgan fingerprint density at radius 2 is 1.32 bits per heavy atom. The highest BCUT2D eigenvalue weighted by molar-refractivity contribution is 7.95. The molecule has 0 heterocycles. The molecular formula is C17H19F3O3S2. The summed E-state index contributed by atoms with van der Waals surface area (Å²) in [5.41, 5.74) is -1.47. The molecule has 2 aromatic carbocycles. The van der Waals surface area contributed by atoms with Gasteiger partial charge < -0.3 is 4.55 Å². The molecule has 0 amide bonds. The molecule has 0 aliphatic heterocycles. The Bertz CT molecular complexity index is 756. The van der Waals surface area contributed by atoms with Gasteiger partial charge in [-0.1, -0.05) is 60.2 Å². The molecule has 0 saturated heterocycles. The lowest BCUT2D eigenvalue weighted by Gasteiger charge is -2.15. The number of alkyl halides is 3. The van der Waals surface area contributed by atoms with E-state index in [4.69, 9.17) is 13.0 Å². The lowest BCUT2D eigenvalue weighted by Crippen LogP contribution is -2.21. The number of benzene rings is 2. The van der Waals surface area contributed by atoms with Gasteiger partial charge in [0.25, 0.3) is 0 Å². The molecule has 2 rings (SSSR count). The van der Waals surface area contributed by atoms with E-state index >= 15 is 0 Å².